The van der Waals surface area contributed by atoms with Crippen LogP contribution in [0, 0.1) is 5.92 Å². The van der Waals surface area contributed by atoms with Gasteiger partial charge in [-0.25, -0.2) is 0 Å². The van der Waals surface area contributed by atoms with Crippen LogP contribution in [0.3, 0.4) is 0 Å². The summed E-state index contributed by atoms with van der Waals surface area (Å²) in [5.41, 5.74) is 1.16. The molecule has 0 aromatic heterocycles. The van der Waals surface area contributed by atoms with Gasteiger partial charge in [-0.15, -0.1) is 0 Å². The molecule has 0 fully saturated rings. The Morgan fingerprint density at radius 1 is 1.17 bits per heavy atom. The molecule has 0 spiro atoms. The highest BCUT2D eigenvalue weighted by atomic mass is 16.5. The van der Waals surface area contributed by atoms with E-state index in [-0.39, 0.29) is 17.9 Å². The number of rotatable bonds is 8. The normalized spacial score (nSPS) is 11.0. The Balaban J connectivity index is 2.85. The zero-order valence-corrected chi connectivity index (χ0v) is 15.5. The summed E-state index contributed by atoms with van der Waals surface area (Å²) in [6.45, 7) is 11.0. The average molecular weight is 335 g/mol. The van der Waals surface area contributed by atoms with E-state index in [9.17, 15) is 9.59 Å². The first-order valence-corrected chi connectivity index (χ1v) is 8.22. The Morgan fingerprint density at radius 3 is 2.33 bits per heavy atom. The van der Waals surface area contributed by atoms with Gasteiger partial charge in [0.25, 0.3) is 0 Å². The van der Waals surface area contributed by atoms with Crippen LogP contribution in [0.15, 0.2) is 18.2 Å². The first kappa shape index (κ1) is 20.0. The van der Waals surface area contributed by atoms with E-state index in [1.54, 1.807) is 25.3 Å². The van der Waals surface area contributed by atoms with Crippen molar-refractivity contribution >= 4 is 23.2 Å². The van der Waals surface area contributed by atoms with Gasteiger partial charge in [0.15, 0.2) is 0 Å². The fourth-order valence-electron chi connectivity index (χ4n) is 2.39. The number of ether oxygens (including phenoxy) is 1. The van der Waals surface area contributed by atoms with Crippen LogP contribution >= 0.6 is 0 Å². The van der Waals surface area contributed by atoms with Gasteiger partial charge in [0.2, 0.25) is 11.8 Å². The molecule has 134 valence electrons. The minimum absolute atomic E-state index is 0.109. The first-order valence-electron chi connectivity index (χ1n) is 8.22. The van der Waals surface area contributed by atoms with Crippen LogP contribution in [0.25, 0.3) is 0 Å². The number of carbonyl (C=O) groups excluding carboxylic acids is 2. The van der Waals surface area contributed by atoms with Crippen molar-refractivity contribution in [2.75, 3.05) is 30.8 Å². The van der Waals surface area contributed by atoms with Gasteiger partial charge in [-0.2, -0.15) is 0 Å². The molecule has 1 aromatic carbocycles. The third-order valence-corrected chi connectivity index (χ3v) is 3.47. The molecule has 24 heavy (non-hydrogen) atoms. The van der Waals surface area contributed by atoms with E-state index < -0.39 is 0 Å². The van der Waals surface area contributed by atoms with Gasteiger partial charge in [0, 0.05) is 25.2 Å². The Kier molecular flexibility index (Phi) is 7.71. The summed E-state index contributed by atoms with van der Waals surface area (Å²) in [5.74, 6) is 0.762. The fraction of sp³-hybridized carbons (Fsp3) is 0.556. The maximum atomic E-state index is 12.4. The van der Waals surface area contributed by atoms with Crippen LogP contribution in [0.4, 0.5) is 11.4 Å². The molecule has 6 nitrogen and oxygen atoms in total. The number of hydrogen-bond acceptors (Lipinski definition) is 4. The van der Waals surface area contributed by atoms with Crippen LogP contribution in [0.1, 0.15) is 34.6 Å². The number of methoxy groups -OCH3 is 1. The van der Waals surface area contributed by atoms with Crippen LogP contribution in [-0.4, -0.2) is 43.0 Å². The molecule has 1 aromatic rings. The van der Waals surface area contributed by atoms with Crippen molar-refractivity contribution in [3.63, 3.8) is 0 Å². The molecule has 2 amide bonds. The predicted molar refractivity (Wildman–Crippen MR) is 97.5 cm³/mol. The van der Waals surface area contributed by atoms with E-state index in [0.29, 0.717) is 29.6 Å². The summed E-state index contributed by atoms with van der Waals surface area (Å²) in [6, 6.07) is 5.43. The lowest BCUT2D eigenvalue weighted by atomic mass is 10.2. The third kappa shape index (κ3) is 6.58. The lowest BCUT2D eigenvalue weighted by Crippen LogP contribution is -2.40. The number of nitrogens with one attached hydrogen (secondary N) is 2. The van der Waals surface area contributed by atoms with E-state index in [4.69, 9.17) is 4.74 Å². The quantitative estimate of drug-likeness (QED) is 0.766. The molecule has 0 radical (unpaired) electrons. The van der Waals surface area contributed by atoms with Gasteiger partial charge >= 0.3 is 0 Å². The number of nitrogens with zero attached hydrogens (tertiary/aromatic N) is 1. The van der Waals surface area contributed by atoms with Crippen LogP contribution in [-0.2, 0) is 9.59 Å². The monoisotopic (exact) mass is 335 g/mol. The second-order valence-electron chi connectivity index (χ2n) is 6.56. The van der Waals surface area contributed by atoms with Gasteiger partial charge < -0.3 is 15.4 Å². The van der Waals surface area contributed by atoms with Crippen LogP contribution in [0.2, 0.25) is 0 Å². The second kappa shape index (κ2) is 9.27. The second-order valence-corrected chi connectivity index (χ2v) is 6.56. The van der Waals surface area contributed by atoms with Gasteiger partial charge in [-0.05, 0) is 38.0 Å². The topological polar surface area (TPSA) is 70.7 Å². The Morgan fingerprint density at radius 2 is 1.83 bits per heavy atom. The number of hydrogen-bond donors (Lipinski definition) is 2. The van der Waals surface area contributed by atoms with Gasteiger partial charge in [-0.1, -0.05) is 13.8 Å². The maximum Gasteiger partial charge on any atom is 0.238 e. The Hall–Kier alpha value is -2.08. The van der Waals surface area contributed by atoms with E-state index in [1.807, 2.05) is 0 Å². The molecule has 0 saturated heterocycles. The molecule has 0 aliphatic heterocycles. The molecule has 2 N–H and O–H groups in total. The third-order valence-electron chi connectivity index (χ3n) is 3.47. The summed E-state index contributed by atoms with van der Waals surface area (Å²) in [5, 5.41) is 5.58. The van der Waals surface area contributed by atoms with E-state index >= 15 is 0 Å². The van der Waals surface area contributed by atoms with Gasteiger partial charge in [-0.3, -0.25) is 14.5 Å². The zero-order valence-electron chi connectivity index (χ0n) is 15.5. The Bertz CT molecular complexity index is 571. The molecule has 0 aliphatic carbocycles. The molecular formula is C18H29N3O3. The van der Waals surface area contributed by atoms with Crippen molar-refractivity contribution in [1.29, 1.82) is 0 Å². The van der Waals surface area contributed by atoms with Crippen molar-refractivity contribution in [1.82, 2.24) is 4.90 Å². The lowest BCUT2D eigenvalue weighted by molar-refractivity contribution is -0.118. The molecule has 0 heterocycles. The molecule has 1 rings (SSSR count). The van der Waals surface area contributed by atoms with Crippen molar-refractivity contribution < 1.29 is 14.3 Å². The molecule has 0 aliphatic rings. The van der Waals surface area contributed by atoms with Gasteiger partial charge in [0.05, 0.1) is 19.3 Å². The largest absolute Gasteiger partial charge is 0.495 e. The van der Waals surface area contributed by atoms with E-state index in [2.05, 4.69) is 43.2 Å². The molecule has 0 saturated carbocycles. The summed E-state index contributed by atoms with van der Waals surface area (Å²) >= 11 is 0. The fourth-order valence-corrected chi connectivity index (χ4v) is 2.39. The van der Waals surface area contributed by atoms with Crippen molar-refractivity contribution in [3.05, 3.63) is 18.2 Å². The number of anilines is 2. The Labute approximate surface area is 144 Å². The molecule has 6 heteroatoms. The SMILES string of the molecule is COc1ccc(NC(C)=O)cc1NC(=O)CN(CC(C)C)C(C)C. The van der Waals surface area contributed by atoms with Gasteiger partial charge in [0.1, 0.15) is 5.75 Å². The van der Waals surface area contributed by atoms with Crippen LogP contribution in [0.5, 0.6) is 5.75 Å². The number of carbonyl (C=O) groups is 2. The molecule has 0 bridgehead atoms. The standard InChI is InChI=1S/C18H29N3O3/c1-12(2)10-21(13(3)4)11-18(23)20-16-9-15(19-14(5)22)7-8-17(16)24-6/h7-9,12-13H,10-11H2,1-6H3,(H,19,22)(H,20,23). The van der Waals surface area contributed by atoms with Crippen molar-refractivity contribution in [2.45, 2.75) is 40.7 Å². The minimum Gasteiger partial charge on any atom is -0.495 e. The molecule has 0 atom stereocenters. The first-order chi connectivity index (χ1) is 11.2. The summed E-state index contributed by atoms with van der Waals surface area (Å²) in [7, 11) is 1.54. The minimum atomic E-state index is -0.166. The summed E-state index contributed by atoms with van der Waals surface area (Å²) in [6.07, 6.45) is 0. The number of benzene rings is 1. The average Bonchev–Trinajstić information content (AvgIpc) is 2.45. The molecular weight excluding hydrogens is 306 g/mol. The highest BCUT2D eigenvalue weighted by Gasteiger charge is 2.16. The zero-order chi connectivity index (χ0) is 18.3. The number of amides is 2. The predicted octanol–water partition coefficient (Wildman–Crippen LogP) is 2.96. The summed E-state index contributed by atoms with van der Waals surface area (Å²) < 4.78 is 5.28. The lowest BCUT2D eigenvalue weighted by Gasteiger charge is -2.27. The summed E-state index contributed by atoms with van der Waals surface area (Å²) in [4.78, 5) is 25.7. The molecule has 0 unspecified atom stereocenters. The van der Waals surface area contributed by atoms with Crippen LogP contribution < -0.4 is 15.4 Å². The van der Waals surface area contributed by atoms with Crippen molar-refractivity contribution in [2.24, 2.45) is 5.92 Å². The maximum absolute atomic E-state index is 12.4. The smallest absolute Gasteiger partial charge is 0.238 e. The highest BCUT2D eigenvalue weighted by Crippen LogP contribution is 2.27. The van der Waals surface area contributed by atoms with E-state index in [1.165, 1.54) is 6.92 Å². The van der Waals surface area contributed by atoms with Crippen molar-refractivity contribution in [3.8, 4) is 5.75 Å². The highest BCUT2D eigenvalue weighted by molar-refractivity contribution is 5.95. The van der Waals surface area contributed by atoms with E-state index in [0.717, 1.165) is 6.54 Å².